The number of nitrogens with zero attached hydrogens (tertiary/aromatic N) is 2. The predicted octanol–water partition coefficient (Wildman–Crippen LogP) is 0.303. The van der Waals surface area contributed by atoms with Crippen LogP contribution in [0.4, 0.5) is 0 Å². The molecule has 0 unspecified atom stereocenters. The molecule has 0 aliphatic heterocycles. The van der Waals surface area contributed by atoms with Crippen molar-refractivity contribution < 1.29 is 9.53 Å². The Bertz CT molecular complexity index is 322. The predicted molar refractivity (Wildman–Crippen MR) is 42.4 cm³/mol. The highest BCUT2D eigenvalue weighted by Gasteiger charge is 2.07. The van der Waals surface area contributed by atoms with Gasteiger partial charge in [0, 0.05) is 6.20 Å². The molecule has 0 aliphatic carbocycles. The summed E-state index contributed by atoms with van der Waals surface area (Å²) < 4.78 is 5.95. The maximum atomic E-state index is 10.9. The van der Waals surface area contributed by atoms with Gasteiger partial charge in [-0.05, 0) is 6.07 Å². The Morgan fingerprint density at radius 2 is 2.67 bits per heavy atom. The van der Waals surface area contributed by atoms with Crippen molar-refractivity contribution in [3.8, 4) is 12.3 Å². The largest absolute Gasteiger partial charge is 0.464 e. The molecule has 0 aromatic carbocycles. The van der Waals surface area contributed by atoms with Crippen LogP contribution in [-0.4, -0.2) is 22.9 Å². The Hall–Kier alpha value is -1.76. The van der Waals surface area contributed by atoms with E-state index in [4.69, 9.17) is 6.42 Å². The third-order valence-corrected chi connectivity index (χ3v) is 1.29. The van der Waals surface area contributed by atoms with Gasteiger partial charge in [-0.2, -0.15) is 5.10 Å². The van der Waals surface area contributed by atoms with Crippen molar-refractivity contribution in [2.75, 3.05) is 7.11 Å². The molecular formula is C8H8N2O2. The van der Waals surface area contributed by atoms with Gasteiger partial charge in [-0.25, -0.2) is 4.79 Å². The molecule has 0 amide bonds. The van der Waals surface area contributed by atoms with Gasteiger partial charge in [-0.15, -0.1) is 6.42 Å². The molecule has 0 aliphatic rings. The molecule has 0 bridgehead atoms. The van der Waals surface area contributed by atoms with E-state index in [2.05, 4.69) is 15.8 Å². The van der Waals surface area contributed by atoms with Crippen molar-refractivity contribution >= 4 is 5.97 Å². The number of methoxy groups -OCH3 is 1. The summed E-state index contributed by atoms with van der Waals surface area (Å²) in [5, 5.41) is 3.87. The van der Waals surface area contributed by atoms with E-state index in [0.29, 0.717) is 6.54 Å². The molecule has 0 spiro atoms. The van der Waals surface area contributed by atoms with Crippen LogP contribution in [0.1, 0.15) is 10.5 Å². The van der Waals surface area contributed by atoms with E-state index in [1.165, 1.54) is 11.8 Å². The zero-order valence-electron chi connectivity index (χ0n) is 6.65. The molecule has 0 N–H and O–H groups in total. The van der Waals surface area contributed by atoms with E-state index in [1.54, 1.807) is 12.3 Å². The zero-order chi connectivity index (χ0) is 8.97. The van der Waals surface area contributed by atoms with Crippen LogP contribution in [0.2, 0.25) is 0 Å². The number of hydrogen-bond acceptors (Lipinski definition) is 3. The van der Waals surface area contributed by atoms with Crippen molar-refractivity contribution in [2.45, 2.75) is 6.54 Å². The van der Waals surface area contributed by atoms with Gasteiger partial charge in [0.05, 0.1) is 7.11 Å². The van der Waals surface area contributed by atoms with Crippen LogP contribution in [-0.2, 0) is 11.3 Å². The number of terminal acetylenes is 1. The molecule has 0 radical (unpaired) electrons. The molecule has 0 fully saturated rings. The van der Waals surface area contributed by atoms with Gasteiger partial charge >= 0.3 is 5.97 Å². The third kappa shape index (κ3) is 1.64. The molecular weight excluding hydrogens is 156 g/mol. The van der Waals surface area contributed by atoms with Crippen molar-refractivity contribution in [3.05, 3.63) is 18.0 Å². The van der Waals surface area contributed by atoms with Crippen LogP contribution < -0.4 is 0 Å². The second-order valence-corrected chi connectivity index (χ2v) is 2.09. The van der Waals surface area contributed by atoms with E-state index < -0.39 is 5.97 Å². The van der Waals surface area contributed by atoms with Gasteiger partial charge in [-0.1, -0.05) is 5.92 Å². The van der Waals surface area contributed by atoms with Crippen LogP contribution in [0.3, 0.4) is 0 Å². The number of rotatable bonds is 2. The number of aromatic nitrogens is 2. The summed E-state index contributed by atoms with van der Waals surface area (Å²) in [5.74, 6) is 1.95. The van der Waals surface area contributed by atoms with Crippen LogP contribution in [0.25, 0.3) is 0 Å². The highest BCUT2D eigenvalue weighted by molar-refractivity contribution is 5.86. The van der Waals surface area contributed by atoms with E-state index in [9.17, 15) is 4.79 Å². The lowest BCUT2D eigenvalue weighted by atomic mass is 10.4. The van der Waals surface area contributed by atoms with E-state index >= 15 is 0 Å². The van der Waals surface area contributed by atoms with Crippen LogP contribution in [0.15, 0.2) is 12.3 Å². The second-order valence-electron chi connectivity index (χ2n) is 2.09. The first-order chi connectivity index (χ1) is 5.77. The van der Waals surface area contributed by atoms with E-state index in [0.717, 1.165) is 0 Å². The summed E-state index contributed by atoms with van der Waals surface area (Å²) in [4.78, 5) is 10.9. The van der Waals surface area contributed by atoms with Crippen molar-refractivity contribution in [3.63, 3.8) is 0 Å². The lowest BCUT2D eigenvalue weighted by Gasteiger charge is -1.92. The molecule has 0 atom stereocenters. The third-order valence-electron chi connectivity index (χ3n) is 1.29. The maximum Gasteiger partial charge on any atom is 0.358 e. The van der Waals surface area contributed by atoms with Crippen molar-refractivity contribution in [1.29, 1.82) is 0 Å². The molecule has 1 rings (SSSR count). The quantitative estimate of drug-likeness (QED) is 0.466. The second kappa shape index (κ2) is 3.58. The number of ether oxygens (including phenoxy) is 1. The fourth-order valence-electron chi connectivity index (χ4n) is 0.757. The Kier molecular flexibility index (Phi) is 2.49. The number of esters is 1. The first kappa shape index (κ1) is 8.34. The lowest BCUT2D eigenvalue weighted by molar-refractivity contribution is 0.0593. The SMILES string of the molecule is C#CCn1ccc(C(=O)OC)n1. The molecule has 4 nitrogen and oxygen atoms in total. The average Bonchev–Trinajstić information content (AvgIpc) is 2.52. The topological polar surface area (TPSA) is 44.1 Å². The highest BCUT2D eigenvalue weighted by atomic mass is 16.5. The Morgan fingerprint density at radius 1 is 1.92 bits per heavy atom. The lowest BCUT2D eigenvalue weighted by Crippen LogP contribution is -2.04. The van der Waals surface area contributed by atoms with E-state index in [-0.39, 0.29) is 5.69 Å². The van der Waals surface area contributed by atoms with Crippen LogP contribution in [0, 0.1) is 12.3 Å². The van der Waals surface area contributed by atoms with Gasteiger partial charge in [0.2, 0.25) is 0 Å². The average molecular weight is 164 g/mol. The van der Waals surface area contributed by atoms with E-state index in [1.807, 2.05) is 0 Å². The van der Waals surface area contributed by atoms with Crippen LogP contribution in [0.5, 0.6) is 0 Å². The Morgan fingerprint density at radius 3 is 3.25 bits per heavy atom. The van der Waals surface area contributed by atoms with Crippen molar-refractivity contribution in [2.24, 2.45) is 0 Å². The van der Waals surface area contributed by atoms with Crippen molar-refractivity contribution in [1.82, 2.24) is 9.78 Å². The van der Waals surface area contributed by atoms with Gasteiger partial charge < -0.3 is 4.74 Å². The van der Waals surface area contributed by atoms with Crippen LogP contribution >= 0.6 is 0 Å². The zero-order valence-corrected chi connectivity index (χ0v) is 6.65. The molecule has 0 saturated heterocycles. The summed E-state index contributed by atoms with van der Waals surface area (Å²) >= 11 is 0. The molecule has 4 heteroatoms. The molecule has 1 aromatic heterocycles. The molecule has 1 heterocycles. The molecule has 62 valence electrons. The van der Waals surface area contributed by atoms with Gasteiger partial charge in [0.1, 0.15) is 6.54 Å². The van der Waals surface area contributed by atoms with Gasteiger partial charge in [0.15, 0.2) is 5.69 Å². The smallest absolute Gasteiger partial charge is 0.358 e. The standard InChI is InChI=1S/C8H8N2O2/c1-3-5-10-6-4-7(9-10)8(11)12-2/h1,4,6H,5H2,2H3. The summed E-state index contributed by atoms with van der Waals surface area (Å²) in [6.45, 7) is 0.358. The minimum atomic E-state index is -0.453. The summed E-state index contributed by atoms with van der Waals surface area (Å²) in [5.41, 5.74) is 0.271. The monoisotopic (exact) mass is 164 g/mol. The number of carbonyl (C=O) groups is 1. The normalized spacial score (nSPS) is 9.00. The summed E-state index contributed by atoms with van der Waals surface area (Å²) in [7, 11) is 1.31. The highest BCUT2D eigenvalue weighted by Crippen LogP contribution is 1.96. The Balaban J connectivity index is 2.78. The number of hydrogen-bond donors (Lipinski definition) is 0. The molecule has 12 heavy (non-hydrogen) atoms. The first-order valence-electron chi connectivity index (χ1n) is 3.33. The summed E-state index contributed by atoms with van der Waals surface area (Å²) in [6.07, 6.45) is 6.68. The Labute approximate surface area is 70.1 Å². The van der Waals surface area contributed by atoms with Gasteiger partial charge in [0.25, 0.3) is 0 Å². The first-order valence-corrected chi connectivity index (χ1v) is 3.33. The minimum Gasteiger partial charge on any atom is -0.464 e. The maximum absolute atomic E-state index is 10.9. The number of carbonyl (C=O) groups excluding carboxylic acids is 1. The molecule has 1 aromatic rings. The minimum absolute atomic E-state index is 0.271. The van der Waals surface area contributed by atoms with Gasteiger partial charge in [-0.3, -0.25) is 4.68 Å². The fourth-order valence-corrected chi connectivity index (χ4v) is 0.757. The summed E-state index contributed by atoms with van der Waals surface area (Å²) in [6, 6.07) is 1.56. The fraction of sp³-hybridized carbons (Fsp3) is 0.250. The molecule has 0 saturated carbocycles.